The van der Waals surface area contributed by atoms with E-state index in [0.29, 0.717) is 19.5 Å². The van der Waals surface area contributed by atoms with Gasteiger partial charge in [-0.2, -0.15) is 0 Å². The summed E-state index contributed by atoms with van der Waals surface area (Å²) in [4.78, 5) is 29.8. The number of carbonyl (C=O) groups is 1. The number of nitrogens with one attached hydrogen (secondary N) is 1. The average Bonchev–Trinajstić information content (AvgIpc) is 3.04. The molecule has 148 valence electrons. The first-order chi connectivity index (χ1) is 13.1. The molecule has 1 unspecified atom stereocenters. The quantitative estimate of drug-likeness (QED) is 0.706. The Morgan fingerprint density at radius 2 is 1.71 bits per heavy atom. The van der Waals surface area contributed by atoms with Crippen LogP contribution in [-0.4, -0.2) is 33.4 Å². The van der Waals surface area contributed by atoms with E-state index in [1.54, 1.807) is 0 Å². The maximum Gasteiger partial charge on any atom is 0.326 e. The molecule has 0 saturated carbocycles. The molecule has 1 aliphatic rings. The molecular weight excluding hydrogens is 376 g/mol. The van der Waals surface area contributed by atoms with Crippen molar-refractivity contribution in [3.8, 4) is 0 Å². The van der Waals surface area contributed by atoms with E-state index in [1.165, 1.54) is 0 Å². The van der Waals surface area contributed by atoms with Crippen LogP contribution >= 0.6 is 12.4 Å². The van der Waals surface area contributed by atoms with Crippen molar-refractivity contribution in [2.75, 3.05) is 13.1 Å². The van der Waals surface area contributed by atoms with Gasteiger partial charge in [0.1, 0.15) is 0 Å². The Hall–Kier alpha value is -2.57. The highest BCUT2D eigenvalue weighted by molar-refractivity contribution is 5.85. The summed E-state index contributed by atoms with van der Waals surface area (Å²) in [6, 6.07) is 17.3. The number of hydrogen-bond donors (Lipinski definition) is 2. The third kappa shape index (κ3) is 3.98. The van der Waals surface area contributed by atoms with Crippen molar-refractivity contribution in [2.24, 2.45) is 5.73 Å². The number of aromatic nitrogens is 2. The highest BCUT2D eigenvalue weighted by Gasteiger charge is 2.26. The molecule has 1 fully saturated rings. The second-order valence-electron chi connectivity index (χ2n) is 7.15. The van der Waals surface area contributed by atoms with Crippen LogP contribution in [0.1, 0.15) is 36.9 Å². The van der Waals surface area contributed by atoms with Gasteiger partial charge in [0.2, 0.25) is 5.91 Å². The summed E-state index contributed by atoms with van der Waals surface area (Å²) in [5, 5.41) is 0. The lowest BCUT2D eigenvalue weighted by molar-refractivity contribution is -0.132. The van der Waals surface area contributed by atoms with Crippen LogP contribution in [0.4, 0.5) is 0 Å². The van der Waals surface area contributed by atoms with Crippen LogP contribution in [0.5, 0.6) is 0 Å². The SMILES string of the molecule is Cl.NC(CC(=O)N1CCC(n2c(=O)[nH]c3ccccc32)CC1)c1ccccc1. The highest BCUT2D eigenvalue weighted by atomic mass is 35.5. The topological polar surface area (TPSA) is 84.1 Å². The van der Waals surface area contributed by atoms with E-state index in [9.17, 15) is 9.59 Å². The molecule has 7 heteroatoms. The number of fused-ring (bicyclic) bond motifs is 1. The van der Waals surface area contributed by atoms with Crippen molar-refractivity contribution >= 4 is 29.3 Å². The van der Waals surface area contributed by atoms with E-state index < -0.39 is 0 Å². The summed E-state index contributed by atoms with van der Waals surface area (Å²) in [5.41, 5.74) is 8.88. The first kappa shape index (κ1) is 20.2. The predicted molar refractivity (Wildman–Crippen MR) is 113 cm³/mol. The number of halogens is 1. The number of H-pyrrole nitrogens is 1. The number of amides is 1. The van der Waals surface area contributed by atoms with Gasteiger partial charge in [-0.1, -0.05) is 42.5 Å². The molecule has 6 nitrogen and oxygen atoms in total. The Bertz CT molecular complexity index is 990. The Labute approximate surface area is 169 Å². The minimum Gasteiger partial charge on any atom is -0.342 e. The Balaban J connectivity index is 0.00000225. The fourth-order valence-corrected chi connectivity index (χ4v) is 3.95. The van der Waals surface area contributed by atoms with Crippen LogP contribution in [0.15, 0.2) is 59.4 Å². The standard InChI is InChI=1S/C21H24N4O2.ClH/c22-17(15-6-2-1-3-7-15)14-20(26)24-12-10-16(11-13-24)25-19-9-5-4-8-18(19)23-21(25)27;/h1-9,16-17H,10-14,22H2,(H,23,27);1H. The molecule has 0 aliphatic carbocycles. The van der Waals surface area contributed by atoms with Crippen LogP contribution in [-0.2, 0) is 4.79 Å². The van der Waals surface area contributed by atoms with Gasteiger partial charge in [0, 0.05) is 31.6 Å². The van der Waals surface area contributed by atoms with Gasteiger partial charge in [-0.05, 0) is 30.5 Å². The lowest BCUT2D eigenvalue weighted by atomic mass is 10.0. The second-order valence-corrected chi connectivity index (χ2v) is 7.15. The van der Waals surface area contributed by atoms with Crippen LogP contribution in [0.2, 0.25) is 0 Å². The fraction of sp³-hybridized carbons (Fsp3) is 0.333. The summed E-state index contributed by atoms with van der Waals surface area (Å²) >= 11 is 0. The number of likely N-dealkylation sites (tertiary alicyclic amines) is 1. The summed E-state index contributed by atoms with van der Waals surface area (Å²) in [7, 11) is 0. The normalized spacial score (nSPS) is 16.0. The minimum absolute atomic E-state index is 0. The van der Waals surface area contributed by atoms with Gasteiger partial charge in [0.05, 0.1) is 11.0 Å². The van der Waals surface area contributed by atoms with Gasteiger partial charge in [0.15, 0.2) is 0 Å². The van der Waals surface area contributed by atoms with Gasteiger partial charge in [-0.25, -0.2) is 4.79 Å². The largest absolute Gasteiger partial charge is 0.342 e. The molecular formula is C21H25ClN4O2. The molecule has 1 amide bonds. The molecule has 2 heterocycles. The number of aromatic amines is 1. The summed E-state index contributed by atoms with van der Waals surface area (Å²) in [6.45, 7) is 1.30. The molecule has 0 bridgehead atoms. The third-order valence-electron chi connectivity index (χ3n) is 5.43. The molecule has 1 aromatic heterocycles. The second kappa shape index (κ2) is 8.63. The monoisotopic (exact) mass is 400 g/mol. The van der Waals surface area contributed by atoms with Crippen molar-refractivity contribution in [3.05, 3.63) is 70.6 Å². The Morgan fingerprint density at radius 1 is 1.07 bits per heavy atom. The summed E-state index contributed by atoms with van der Waals surface area (Å²) in [5.74, 6) is 0.0797. The number of imidazole rings is 1. The summed E-state index contributed by atoms with van der Waals surface area (Å²) in [6.07, 6.45) is 1.85. The molecule has 2 aromatic carbocycles. The van der Waals surface area contributed by atoms with Crippen LogP contribution in [0, 0.1) is 0 Å². The van der Waals surface area contributed by atoms with E-state index in [-0.39, 0.29) is 36.1 Å². The molecule has 3 aromatic rings. The van der Waals surface area contributed by atoms with E-state index in [4.69, 9.17) is 5.73 Å². The van der Waals surface area contributed by atoms with Crippen molar-refractivity contribution in [3.63, 3.8) is 0 Å². The van der Waals surface area contributed by atoms with Gasteiger partial charge in [0.25, 0.3) is 0 Å². The predicted octanol–water partition coefficient (Wildman–Crippen LogP) is 3.01. The number of benzene rings is 2. The lowest BCUT2D eigenvalue weighted by Gasteiger charge is -2.33. The van der Waals surface area contributed by atoms with Crippen molar-refractivity contribution < 1.29 is 4.79 Å². The first-order valence-corrected chi connectivity index (χ1v) is 9.41. The number of carbonyl (C=O) groups excluding carboxylic acids is 1. The molecule has 1 saturated heterocycles. The molecule has 28 heavy (non-hydrogen) atoms. The van der Waals surface area contributed by atoms with E-state index in [2.05, 4.69) is 4.98 Å². The van der Waals surface area contributed by atoms with Gasteiger partial charge < -0.3 is 15.6 Å². The molecule has 3 N–H and O–H groups in total. The van der Waals surface area contributed by atoms with Crippen molar-refractivity contribution in [1.82, 2.24) is 14.5 Å². The van der Waals surface area contributed by atoms with Gasteiger partial charge in [-0.15, -0.1) is 12.4 Å². The maximum absolute atomic E-state index is 12.6. The molecule has 1 aliphatic heterocycles. The number of hydrogen-bond acceptors (Lipinski definition) is 3. The first-order valence-electron chi connectivity index (χ1n) is 9.41. The third-order valence-corrected chi connectivity index (χ3v) is 5.43. The average molecular weight is 401 g/mol. The van der Waals surface area contributed by atoms with E-state index in [1.807, 2.05) is 64.1 Å². The fourth-order valence-electron chi connectivity index (χ4n) is 3.95. The number of para-hydroxylation sites is 2. The van der Waals surface area contributed by atoms with E-state index >= 15 is 0 Å². The van der Waals surface area contributed by atoms with Crippen molar-refractivity contribution in [1.29, 1.82) is 0 Å². The van der Waals surface area contributed by atoms with Crippen LogP contribution < -0.4 is 11.4 Å². The van der Waals surface area contributed by atoms with Crippen molar-refractivity contribution in [2.45, 2.75) is 31.3 Å². The zero-order valence-corrected chi connectivity index (χ0v) is 16.4. The molecule has 1 atom stereocenters. The lowest BCUT2D eigenvalue weighted by Crippen LogP contribution is -2.41. The Kier molecular flexibility index (Phi) is 6.21. The molecule has 0 spiro atoms. The minimum atomic E-state index is -0.285. The van der Waals surface area contributed by atoms with Crippen LogP contribution in [0.3, 0.4) is 0 Å². The number of nitrogens with zero attached hydrogens (tertiary/aromatic N) is 2. The smallest absolute Gasteiger partial charge is 0.326 e. The zero-order valence-electron chi connectivity index (χ0n) is 15.6. The molecule has 0 radical (unpaired) electrons. The number of nitrogens with two attached hydrogens (primary N) is 1. The van der Waals surface area contributed by atoms with Gasteiger partial charge in [-0.3, -0.25) is 9.36 Å². The maximum atomic E-state index is 12.6. The Morgan fingerprint density at radius 3 is 2.43 bits per heavy atom. The molecule has 4 rings (SSSR count). The number of rotatable bonds is 4. The highest BCUT2D eigenvalue weighted by Crippen LogP contribution is 2.26. The summed E-state index contributed by atoms with van der Waals surface area (Å²) < 4.78 is 1.84. The van der Waals surface area contributed by atoms with E-state index in [0.717, 1.165) is 29.4 Å². The van der Waals surface area contributed by atoms with Crippen LogP contribution in [0.25, 0.3) is 11.0 Å². The van der Waals surface area contributed by atoms with Gasteiger partial charge >= 0.3 is 5.69 Å². The zero-order chi connectivity index (χ0) is 18.8. The number of piperidine rings is 1.